The van der Waals surface area contributed by atoms with E-state index >= 15 is 0 Å². The molecule has 0 heterocycles. The van der Waals surface area contributed by atoms with Gasteiger partial charge < -0.3 is 20.5 Å². The minimum atomic E-state index is -1.15. The van der Waals surface area contributed by atoms with E-state index in [-0.39, 0.29) is 25.2 Å². The van der Waals surface area contributed by atoms with E-state index in [2.05, 4.69) is 15.4 Å². The molecule has 19 heavy (non-hydrogen) atoms. The Morgan fingerprint density at radius 3 is 2.53 bits per heavy atom. The third kappa shape index (κ3) is 6.76. The summed E-state index contributed by atoms with van der Waals surface area (Å²) in [5.41, 5.74) is 0. The van der Waals surface area contributed by atoms with Gasteiger partial charge in [0.25, 0.3) is 0 Å². The van der Waals surface area contributed by atoms with Gasteiger partial charge in [-0.05, 0) is 19.3 Å². The van der Waals surface area contributed by atoms with Gasteiger partial charge >= 0.3 is 11.9 Å². The molecule has 7 heteroatoms. The van der Waals surface area contributed by atoms with Gasteiger partial charge in [-0.15, -0.1) is 0 Å². The van der Waals surface area contributed by atoms with Gasteiger partial charge in [0.2, 0.25) is 5.91 Å². The molecule has 1 aliphatic rings. The van der Waals surface area contributed by atoms with E-state index < -0.39 is 18.0 Å². The van der Waals surface area contributed by atoms with Crippen LogP contribution >= 0.6 is 0 Å². The highest BCUT2D eigenvalue weighted by Crippen LogP contribution is 2.18. The molecule has 0 bridgehead atoms. The fourth-order valence-electron chi connectivity index (χ4n) is 1.57. The molecule has 1 unspecified atom stereocenters. The molecule has 0 radical (unpaired) electrons. The largest absolute Gasteiger partial charge is 0.480 e. The normalized spacial score (nSPS) is 15.6. The van der Waals surface area contributed by atoms with Gasteiger partial charge in [0.1, 0.15) is 6.04 Å². The third-order valence-corrected chi connectivity index (χ3v) is 2.86. The van der Waals surface area contributed by atoms with E-state index in [4.69, 9.17) is 5.11 Å². The van der Waals surface area contributed by atoms with Crippen LogP contribution in [0, 0.1) is 0 Å². The number of esters is 1. The predicted octanol–water partition coefficient (Wildman–Crippen LogP) is -0.349. The maximum atomic E-state index is 11.5. The molecular weight excluding hydrogens is 252 g/mol. The zero-order valence-electron chi connectivity index (χ0n) is 11.0. The van der Waals surface area contributed by atoms with Crippen LogP contribution in [0.5, 0.6) is 0 Å². The zero-order valence-corrected chi connectivity index (χ0v) is 11.0. The number of amides is 1. The Morgan fingerprint density at radius 1 is 1.32 bits per heavy atom. The maximum absolute atomic E-state index is 11.5. The first-order valence-corrected chi connectivity index (χ1v) is 6.35. The molecule has 0 spiro atoms. The molecule has 1 fully saturated rings. The van der Waals surface area contributed by atoms with Gasteiger partial charge in [-0.2, -0.15) is 0 Å². The number of aliphatic carboxylic acids is 1. The standard InChI is InChI=1S/C12H20N2O5/c1-19-11(16)5-4-9(12(17)18)14-10(15)6-7-13-8-2-3-8/h8-9,13H,2-7H2,1H3,(H,14,15)(H,17,18). The minimum absolute atomic E-state index is 0.0315. The van der Waals surface area contributed by atoms with Crippen molar-refractivity contribution in [3.05, 3.63) is 0 Å². The predicted molar refractivity (Wildman–Crippen MR) is 66.5 cm³/mol. The van der Waals surface area contributed by atoms with Crippen LogP contribution in [0.2, 0.25) is 0 Å². The van der Waals surface area contributed by atoms with Crippen molar-refractivity contribution in [1.82, 2.24) is 10.6 Å². The number of carboxylic acid groups (broad SMARTS) is 1. The summed E-state index contributed by atoms with van der Waals surface area (Å²) < 4.78 is 4.43. The molecule has 0 saturated heterocycles. The molecule has 1 aliphatic carbocycles. The zero-order chi connectivity index (χ0) is 14.3. The van der Waals surface area contributed by atoms with Crippen LogP contribution < -0.4 is 10.6 Å². The van der Waals surface area contributed by atoms with Gasteiger partial charge in [-0.25, -0.2) is 4.79 Å². The second-order valence-corrected chi connectivity index (χ2v) is 4.55. The van der Waals surface area contributed by atoms with Gasteiger partial charge in [-0.3, -0.25) is 9.59 Å². The fraction of sp³-hybridized carbons (Fsp3) is 0.750. The minimum Gasteiger partial charge on any atom is -0.480 e. The molecule has 7 nitrogen and oxygen atoms in total. The SMILES string of the molecule is COC(=O)CCC(NC(=O)CCNC1CC1)C(=O)O. The average molecular weight is 272 g/mol. The number of ether oxygens (including phenoxy) is 1. The summed E-state index contributed by atoms with van der Waals surface area (Å²) in [6, 6.07) is -0.532. The van der Waals surface area contributed by atoms with Crippen molar-refractivity contribution >= 4 is 17.8 Å². The van der Waals surface area contributed by atoms with Crippen molar-refractivity contribution in [3.8, 4) is 0 Å². The molecule has 0 aliphatic heterocycles. The Balaban J connectivity index is 2.23. The molecule has 1 atom stereocenters. The van der Waals surface area contributed by atoms with E-state index in [1.807, 2.05) is 0 Å². The third-order valence-electron chi connectivity index (χ3n) is 2.86. The molecule has 0 aromatic carbocycles. The molecule has 0 aromatic rings. The lowest BCUT2D eigenvalue weighted by Gasteiger charge is -2.14. The van der Waals surface area contributed by atoms with E-state index in [1.165, 1.54) is 7.11 Å². The summed E-state index contributed by atoms with van der Waals surface area (Å²) in [4.78, 5) is 33.4. The van der Waals surface area contributed by atoms with Crippen molar-refractivity contribution in [2.45, 2.75) is 44.2 Å². The first-order valence-electron chi connectivity index (χ1n) is 6.35. The van der Waals surface area contributed by atoms with Gasteiger partial charge in [0.15, 0.2) is 0 Å². The summed E-state index contributed by atoms with van der Waals surface area (Å²) in [7, 11) is 1.24. The average Bonchev–Trinajstić information content (AvgIpc) is 3.17. The van der Waals surface area contributed by atoms with Crippen LogP contribution in [-0.4, -0.2) is 48.7 Å². The van der Waals surface area contributed by atoms with Gasteiger partial charge in [0.05, 0.1) is 7.11 Å². The fourth-order valence-corrected chi connectivity index (χ4v) is 1.57. The summed E-state index contributed by atoms with van der Waals surface area (Å²) >= 11 is 0. The molecule has 1 saturated carbocycles. The first-order chi connectivity index (χ1) is 9.02. The van der Waals surface area contributed by atoms with Crippen LogP contribution in [0.4, 0.5) is 0 Å². The van der Waals surface area contributed by atoms with Crippen molar-refractivity contribution < 1.29 is 24.2 Å². The highest BCUT2D eigenvalue weighted by molar-refractivity contribution is 5.84. The van der Waals surface area contributed by atoms with E-state index in [9.17, 15) is 14.4 Å². The lowest BCUT2D eigenvalue weighted by atomic mass is 10.1. The number of hydrogen-bond acceptors (Lipinski definition) is 5. The Hall–Kier alpha value is -1.63. The van der Waals surface area contributed by atoms with E-state index in [0.29, 0.717) is 12.6 Å². The van der Waals surface area contributed by atoms with E-state index in [1.54, 1.807) is 0 Å². The van der Waals surface area contributed by atoms with Gasteiger partial charge in [-0.1, -0.05) is 0 Å². The second-order valence-electron chi connectivity index (χ2n) is 4.55. The molecular formula is C12H20N2O5. The van der Waals surface area contributed by atoms with E-state index in [0.717, 1.165) is 12.8 Å². The number of rotatable bonds is 9. The van der Waals surface area contributed by atoms with Gasteiger partial charge in [0, 0.05) is 25.4 Å². The molecule has 0 aromatic heterocycles. The molecule has 108 valence electrons. The number of nitrogens with one attached hydrogen (secondary N) is 2. The summed E-state index contributed by atoms with van der Waals surface area (Å²) in [5.74, 6) is -1.96. The van der Waals surface area contributed by atoms with Crippen molar-refractivity contribution in [1.29, 1.82) is 0 Å². The smallest absolute Gasteiger partial charge is 0.326 e. The maximum Gasteiger partial charge on any atom is 0.326 e. The number of methoxy groups -OCH3 is 1. The van der Waals surface area contributed by atoms with Crippen molar-refractivity contribution in [3.63, 3.8) is 0 Å². The summed E-state index contributed by atoms with van der Waals surface area (Å²) in [6.45, 7) is 0.542. The molecule has 1 rings (SSSR count). The Morgan fingerprint density at radius 2 is 2.00 bits per heavy atom. The number of hydrogen-bond donors (Lipinski definition) is 3. The van der Waals surface area contributed by atoms with Crippen molar-refractivity contribution in [2.75, 3.05) is 13.7 Å². The number of carboxylic acids is 1. The highest BCUT2D eigenvalue weighted by Gasteiger charge is 2.22. The lowest BCUT2D eigenvalue weighted by molar-refractivity contribution is -0.144. The second kappa shape index (κ2) is 7.73. The van der Waals surface area contributed by atoms with Crippen LogP contribution in [0.1, 0.15) is 32.1 Å². The highest BCUT2D eigenvalue weighted by atomic mass is 16.5. The Labute approximate surface area is 111 Å². The molecule has 1 amide bonds. The Bertz CT molecular complexity index is 341. The lowest BCUT2D eigenvalue weighted by Crippen LogP contribution is -2.42. The molecule has 3 N–H and O–H groups in total. The summed E-state index contributed by atoms with van der Waals surface area (Å²) in [5, 5.41) is 14.5. The summed E-state index contributed by atoms with van der Waals surface area (Å²) in [6.07, 6.45) is 2.51. The topological polar surface area (TPSA) is 105 Å². The first kappa shape index (κ1) is 15.4. The van der Waals surface area contributed by atoms with Crippen LogP contribution in [0.15, 0.2) is 0 Å². The monoisotopic (exact) mass is 272 g/mol. The number of carbonyl (C=O) groups excluding carboxylic acids is 2. The Kier molecular flexibility index (Phi) is 6.27. The van der Waals surface area contributed by atoms with Crippen LogP contribution in [-0.2, 0) is 19.1 Å². The quantitative estimate of drug-likeness (QED) is 0.496. The van der Waals surface area contributed by atoms with Crippen molar-refractivity contribution in [2.24, 2.45) is 0 Å². The number of carbonyl (C=O) groups is 3. The van der Waals surface area contributed by atoms with Crippen LogP contribution in [0.25, 0.3) is 0 Å². The van der Waals surface area contributed by atoms with Crippen LogP contribution in [0.3, 0.4) is 0 Å².